The maximum absolute atomic E-state index is 14.0. The maximum atomic E-state index is 14.0. The van der Waals surface area contributed by atoms with E-state index < -0.39 is 0 Å². The molecule has 2 aromatic rings. The SMILES string of the molecule is CCNCc1c(Cl)cccc1Oc1cccc(C)c1F. The summed E-state index contributed by atoms with van der Waals surface area (Å²) in [5.41, 5.74) is 1.38. The number of ether oxygens (including phenoxy) is 1. The van der Waals surface area contributed by atoms with Crippen LogP contribution in [0.3, 0.4) is 0 Å². The third-order valence-corrected chi connectivity index (χ3v) is 3.36. The Labute approximate surface area is 123 Å². The van der Waals surface area contributed by atoms with Crippen LogP contribution in [0.15, 0.2) is 36.4 Å². The van der Waals surface area contributed by atoms with Gasteiger partial charge in [0.25, 0.3) is 0 Å². The molecule has 2 nitrogen and oxygen atoms in total. The first-order valence-corrected chi connectivity index (χ1v) is 6.92. The molecule has 0 saturated heterocycles. The van der Waals surface area contributed by atoms with Gasteiger partial charge in [-0.3, -0.25) is 0 Å². The fourth-order valence-corrected chi connectivity index (χ4v) is 2.11. The zero-order chi connectivity index (χ0) is 14.5. The molecule has 0 fully saturated rings. The summed E-state index contributed by atoms with van der Waals surface area (Å²) in [4.78, 5) is 0. The molecule has 4 heteroatoms. The maximum Gasteiger partial charge on any atom is 0.168 e. The minimum Gasteiger partial charge on any atom is -0.454 e. The molecule has 0 spiro atoms. The lowest BCUT2D eigenvalue weighted by atomic mass is 10.2. The Hall–Kier alpha value is -1.58. The van der Waals surface area contributed by atoms with Crippen molar-refractivity contribution in [2.45, 2.75) is 20.4 Å². The van der Waals surface area contributed by atoms with Gasteiger partial charge in [-0.25, -0.2) is 4.39 Å². The minimum atomic E-state index is -0.345. The highest BCUT2D eigenvalue weighted by Crippen LogP contribution is 2.32. The lowest BCUT2D eigenvalue weighted by Crippen LogP contribution is -2.13. The first-order chi connectivity index (χ1) is 9.63. The number of hydrogen-bond donors (Lipinski definition) is 1. The van der Waals surface area contributed by atoms with E-state index in [0.717, 1.165) is 12.1 Å². The highest BCUT2D eigenvalue weighted by atomic mass is 35.5. The van der Waals surface area contributed by atoms with Gasteiger partial charge in [-0.2, -0.15) is 0 Å². The lowest BCUT2D eigenvalue weighted by Gasteiger charge is -2.14. The Morgan fingerprint density at radius 3 is 2.60 bits per heavy atom. The summed E-state index contributed by atoms with van der Waals surface area (Å²) in [6.45, 7) is 5.12. The van der Waals surface area contributed by atoms with Crippen molar-refractivity contribution in [3.8, 4) is 11.5 Å². The van der Waals surface area contributed by atoms with Crippen LogP contribution in [0.2, 0.25) is 5.02 Å². The molecule has 0 aromatic heterocycles. The van der Waals surface area contributed by atoms with Crippen molar-refractivity contribution in [3.05, 3.63) is 58.4 Å². The average Bonchev–Trinajstić information content (AvgIpc) is 2.43. The third kappa shape index (κ3) is 3.30. The molecule has 0 bridgehead atoms. The van der Waals surface area contributed by atoms with Gasteiger partial charge in [0, 0.05) is 17.1 Å². The van der Waals surface area contributed by atoms with E-state index in [0.29, 0.717) is 22.9 Å². The van der Waals surface area contributed by atoms with Gasteiger partial charge in [-0.05, 0) is 37.2 Å². The smallest absolute Gasteiger partial charge is 0.168 e. The molecule has 2 rings (SSSR count). The van der Waals surface area contributed by atoms with E-state index in [1.165, 1.54) is 0 Å². The molecule has 1 N–H and O–H groups in total. The van der Waals surface area contributed by atoms with Crippen molar-refractivity contribution in [1.82, 2.24) is 5.32 Å². The lowest BCUT2D eigenvalue weighted by molar-refractivity contribution is 0.434. The Kier molecular flexibility index (Phi) is 4.99. The predicted octanol–water partition coefficient (Wildman–Crippen LogP) is 4.69. The number of hydrogen-bond acceptors (Lipinski definition) is 2. The zero-order valence-electron chi connectivity index (χ0n) is 11.5. The Morgan fingerprint density at radius 1 is 1.15 bits per heavy atom. The first-order valence-electron chi connectivity index (χ1n) is 6.54. The number of nitrogens with one attached hydrogen (secondary N) is 1. The number of halogens is 2. The van der Waals surface area contributed by atoms with Crippen LogP contribution in [0.25, 0.3) is 0 Å². The van der Waals surface area contributed by atoms with Crippen molar-refractivity contribution in [3.63, 3.8) is 0 Å². The van der Waals surface area contributed by atoms with Crippen LogP contribution in [0.4, 0.5) is 4.39 Å². The van der Waals surface area contributed by atoms with E-state index in [9.17, 15) is 4.39 Å². The molecule has 0 aliphatic heterocycles. The van der Waals surface area contributed by atoms with Crippen LogP contribution in [0.5, 0.6) is 11.5 Å². The summed E-state index contributed by atoms with van der Waals surface area (Å²) in [5, 5.41) is 3.81. The van der Waals surface area contributed by atoms with Crippen LogP contribution in [0.1, 0.15) is 18.1 Å². The summed E-state index contributed by atoms with van der Waals surface area (Å²) < 4.78 is 19.7. The number of rotatable bonds is 5. The van der Waals surface area contributed by atoms with Crippen LogP contribution < -0.4 is 10.1 Å². The van der Waals surface area contributed by atoms with Gasteiger partial charge in [-0.15, -0.1) is 0 Å². The molecule has 0 unspecified atom stereocenters. The second kappa shape index (κ2) is 6.73. The molecule has 0 radical (unpaired) electrons. The van der Waals surface area contributed by atoms with Crippen molar-refractivity contribution in [2.75, 3.05) is 6.54 Å². The third-order valence-electron chi connectivity index (χ3n) is 3.00. The molecular weight excluding hydrogens is 277 g/mol. The second-order valence-corrected chi connectivity index (χ2v) is 4.89. The highest BCUT2D eigenvalue weighted by Gasteiger charge is 2.12. The van der Waals surface area contributed by atoms with E-state index in [1.54, 1.807) is 43.3 Å². The van der Waals surface area contributed by atoms with E-state index in [-0.39, 0.29) is 11.6 Å². The summed E-state index contributed by atoms with van der Waals surface area (Å²) >= 11 is 6.19. The average molecular weight is 294 g/mol. The Morgan fingerprint density at radius 2 is 1.85 bits per heavy atom. The van der Waals surface area contributed by atoms with Gasteiger partial charge in [-0.1, -0.05) is 36.7 Å². The normalized spacial score (nSPS) is 10.6. The monoisotopic (exact) mass is 293 g/mol. The highest BCUT2D eigenvalue weighted by molar-refractivity contribution is 6.31. The van der Waals surface area contributed by atoms with E-state index >= 15 is 0 Å². The molecule has 0 heterocycles. The fourth-order valence-electron chi connectivity index (χ4n) is 1.87. The molecule has 0 aliphatic rings. The Balaban J connectivity index is 2.33. The molecule has 0 atom stereocenters. The van der Waals surface area contributed by atoms with Gasteiger partial charge in [0.15, 0.2) is 11.6 Å². The minimum absolute atomic E-state index is 0.213. The Bertz CT molecular complexity index is 601. The van der Waals surface area contributed by atoms with Crippen molar-refractivity contribution in [1.29, 1.82) is 0 Å². The molecule has 2 aromatic carbocycles. The fraction of sp³-hybridized carbons (Fsp3) is 0.250. The van der Waals surface area contributed by atoms with Gasteiger partial charge in [0.2, 0.25) is 0 Å². The standard InChI is InChI=1S/C16H17ClFNO/c1-3-19-10-12-13(17)7-5-8-14(12)20-15-9-4-6-11(2)16(15)18/h4-9,19H,3,10H2,1-2H3. The van der Waals surface area contributed by atoms with E-state index in [4.69, 9.17) is 16.3 Å². The predicted molar refractivity (Wildman–Crippen MR) is 80.0 cm³/mol. The van der Waals surface area contributed by atoms with Gasteiger partial charge in [0.1, 0.15) is 5.75 Å². The molecule has 0 aliphatic carbocycles. The van der Waals surface area contributed by atoms with Crippen molar-refractivity contribution >= 4 is 11.6 Å². The zero-order valence-corrected chi connectivity index (χ0v) is 12.3. The summed E-state index contributed by atoms with van der Waals surface area (Å²) in [6.07, 6.45) is 0. The summed E-state index contributed by atoms with van der Waals surface area (Å²) in [6, 6.07) is 10.5. The number of benzene rings is 2. The van der Waals surface area contributed by atoms with E-state index in [1.807, 2.05) is 6.92 Å². The summed E-state index contributed by atoms with van der Waals surface area (Å²) in [5.74, 6) is 0.440. The summed E-state index contributed by atoms with van der Waals surface area (Å²) in [7, 11) is 0. The van der Waals surface area contributed by atoms with Gasteiger partial charge >= 0.3 is 0 Å². The second-order valence-electron chi connectivity index (χ2n) is 4.49. The topological polar surface area (TPSA) is 21.3 Å². The molecule has 106 valence electrons. The van der Waals surface area contributed by atoms with Crippen LogP contribution in [0, 0.1) is 12.7 Å². The molecule has 20 heavy (non-hydrogen) atoms. The van der Waals surface area contributed by atoms with E-state index in [2.05, 4.69) is 5.32 Å². The van der Waals surface area contributed by atoms with Crippen LogP contribution >= 0.6 is 11.6 Å². The van der Waals surface area contributed by atoms with Gasteiger partial charge < -0.3 is 10.1 Å². The van der Waals surface area contributed by atoms with Crippen LogP contribution in [-0.2, 0) is 6.54 Å². The molecule has 0 saturated carbocycles. The molecular formula is C16H17ClFNO. The van der Waals surface area contributed by atoms with Gasteiger partial charge in [0.05, 0.1) is 0 Å². The van der Waals surface area contributed by atoms with Crippen molar-refractivity contribution in [2.24, 2.45) is 0 Å². The quantitative estimate of drug-likeness (QED) is 0.863. The van der Waals surface area contributed by atoms with Crippen LogP contribution in [-0.4, -0.2) is 6.54 Å². The number of aryl methyl sites for hydroxylation is 1. The molecule has 0 amide bonds. The van der Waals surface area contributed by atoms with Crippen molar-refractivity contribution < 1.29 is 9.13 Å². The first kappa shape index (κ1) is 14.8. The largest absolute Gasteiger partial charge is 0.454 e.